The normalized spacial score (nSPS) is 19.5. The molecule has 4 aromatic rings. The van der Waals surface area contributed by atoms with E-state index in [-0.39, 0.29) is 34.6 Å². The van der Waals surface area contributed by atoms with Gasteiger partial charge in [0.05, 0.1) is 23.7 Å². The predicted molar refractivity (Wildman–Crippen MR) is 177 cm³/mol. The van der Waals surface area contributed by atoms with Crippen molar-refractivity contribution in [2.75, 3.05) is 17.3 Å². The lowest BCUT2D eigenvalue weighted by Crippen LogP contribution is -2.33. The lowest BCUT2D eigenvalue weighted by atomic mass is 9.81. The maximum atomic E-state index is 14.1. The van der Waals surface area contributed by atoms with E-state index < -0.39 is 17.1 Å². The average molecular weight is 693 g/mol. The Bertz CT molecular complexity index is 1810. The number of methoxy groups -OCH3 is 1. The van der Waals surface area contributed by atoms with Gasteiger partial charge in [-0.3, -0.25) is 23.7 Å². The largest absolute Gasteiger partial charge is 0.497 e. The molecule has 0 saturated carbocycles. The highest BCUT2D eigenvalue weighted by Crippen LogP contribution is 2.54. The number of hydrogen-bond donors (Lipinski definition) is 1. The van der Waals surface area contributed by atoms with E-state index in [2.05, 4.69) is 42.0 Å². The van der Waals surface area contributed by atoms with Crippen LogP contribution >= 0.6 is 39.0 Å². The van der Waals surface area contributed by atoms with Gasteiger partial charge in [0.25, 0.3) is 0 Å². The Morgan fingerprint density at radius 3 is 2.20 bits per heavy atom. The molecule has 11 heteroatoms. The van der Waals surface area contributed by atoms with Gasteiger partial charge in [-0.2, -0.15) is 0 Å². The minimum absolute atomic E-state index is 0.0719. The van der Waals surface area contributed by atoms with Crippen molar-refractivity contribution in [3.8, 4) is 5.75 Å². The first kappa shape index (κ1) is 30.4. The Hall–Kier alpha value is -3.67. The Labute approximate surface area is 271 Å². The maximum absolute atomic E-state index is 14.1. The van der Waals surface area contributed by atoms with Crippen LogP contribution in [-0.4, -0.2) is 34.6 Å². The fourth-order valence-electron chi connectivity index (χ4n) is 5.67. The fourth-order valence-corrected chi connectivity index (χ4v) is 8.71. The number of benzene rings is 3. The van der Waals surface area contributed by atoms with Gasteiger partial charge in [-0.1, -0.05) is 84.1 Å². The molecular weight excluding hydrogens is 662 g/mol. The zero-order valence-corrected chi connectivity index (χ0v) is 27.7. The van der Waals surface area contributed by atoms with E-state index in [4.69, 9.17) is 4.74 Å². The third kappa shape index (κ3) is 5.52. The van der Waals surface area contributed by atoms with Crippen LogP contribution in [-0.2, 0) is 26.3 Å². The lowest BCUT2D eigenvalue weighted by Gasteiger charge is -2.31. The molecule has 6 rings (SSSR count). The van der Waals surface area contributed by atoms with Crippen molar-refractivity contribution in [2.24, 2.45) is 5.92 Å². The number of ether oxygens (including phenoxy) is 1. The molecule has 3 amide bonds. The van der Waals surface area contributed by atoms with Crippen LogP contribution in [0.2, 0.25) is 0 Å². The highest BCUT2D eigenvalue weighted by molar-refractivity contribution is 9.10. The molecule has 0 radical (unpaired) electrons. The molecule has 226 valence electrons. The van der Waals surface area contributed by atoms with Gasteiger partial charge in [-0.15, -0.1) is 0 Å². The van der Waals surface area contributed by atoms with Crippen LogP contribution in [0.5, 0.6) is 5.75 Å². The summed E-state index contributed by atoms with van der Waals surface area (Å²) in [6, 6.07) is 22.1. The molecule has 3 heterocycles. The van der Waals surface area contributed by atoms with Crippen molar-refractivity contribution in [2.45, 2.75) is 48.9 Å². The molecule has 0 bridgehead atoms. The molecule has 3 atom stereocenters. The Balaban J connectivity index is 1.40. The van der Waals surface area contributed by atoms with E-state index >= 15 is 0 Å². The van der Waals surface area contributed by atoms with Gasteiger partial charge in [0.1, 0.15) is 17.5 Å². The molecule has 2 aliphatic heterocycles. The number of carbonyl (C=O) groups excluding carboxylic acids is 3. The van der Waals surface area contributed by atoms with Crippen molar-refractivity contribution in [3.05, 3.63) is 103 Å². The molecule has 8 nitrogen and oxygen atoms in total. The van der Waals surface area contributed by atoms with Gasteiger partial charge in [0, 0.05) is 21.0 Å². The highest BCUT2D eigenvalue weighted by atomic mass is 79.9. The number of carbonyl (C=O) groups is 3. The molecule has 2 aliphatic rings. The van der Waals surface area contributed by atoms with Gasteiger partial charge < -0.3 is 10.1 Å². The Kier molecular flexibility index (Phi) is 8.06. The fraction of sp³-hybridized carbons (Fsp3) is 0.273. The third-order valence-corrected chi connectivity index (χ3v) is 11.1. The summed E-state index contributed by atoms with van der Waals surface area (Å²) >= 11 is 5.66. The van der Waals surface area contributed by atoms with Gasteiger partial charge in [-0.25, -0.2) is 4.90 Å². The minimum atomic E-state index is -0.754. The molecular formula is C33H30BrN3O5S2. The number of thioether (sulfide) groups is 1. The molecule has 0 unspecified atom stereocenters. The van der Waals surface area contributed by atoms with E-state index in [1.807, 2.05) is 24.3 Å². The SMILES string of the molecule is COc1ccc(NC(=O)Cn2c3c(sc2=O)[C@@H](c2ccc(C(C)(C)C)cc2)[C@@H]2C(=O)N(c4ccc(Br)cc4)C(=O)[C@@H]2S3)cc1. The smallest absolute Gasteiger partial charge is 0.308 e. The number of imide groups is 1. The summed E-state index contributed by atoms with van der Waals surface area (Å²) in [5.41, 5.74) is 2.98. The first-order valence-electron chi connectivity index (χ1n) is 14.0. The predicted octanol–water partition coefficient (Wildman–Crippen LogP) is 6.41. The average Bonchev–Trinajstić information content (AvgIpc) is 3.43. The van der Waals surface area contributed by atoms with E-state index in [0.29, 0.717) is 27.0 Å². The van der Waals surface area contributed by atoms with Crippen LogP contribution in [0.1, 0.15) is 42.7 Å². The van der Waals surface area contributed by atoms with Crippen molar-refractivity contribution >= 4 is 68.1 Å². The number of hydrogen-bond acceptors (Lipinski definition) is 7. The number of halogens is 1. The maximum Gasteiger partial charge on any atom is 0.308 e. The van der Waals surface area contributed by atoms with E-state index in [1.54, 1.807) is 55.6 Å². The summed E-state index contributed by atoms with van der Waals surface area (Å²) < 4.78 is 7.44. The summed E-state index contributed by atoms with van der Waals surface area (Å²) in [5.74, 6) is -1.57. The van der Waals surface area contributed by atoms with Gasteiger partial charge in [0.2, 0.25) is 17.7 Å². The van der Waals surface area contributed by atoms with E-state index in [9.17, 15) is 19.2 Å². The van der Waals surface area contributed by atoms with Crippen LogP contribution in [0.4, 0.5) is 11.4 Å². The summed E-state index contributed by atoms with van der Waals surface area (Å²) in [5, 5.41) is 2.63. The number of thiazole rings is 1. The van der Waals surface area contributed by atoms with Crippen molar-refractivity contribution < 1.29 is 19.1 Å². The second kappa shape index (κ2) is 11.7. The Morgan fingerprint density at radius 1 is 0.932 bits per heavy atom. The first-order valence-corrected chi connectivity index (χ1v) is 16.5. The summed E-state index contributed by atoms with van der Waals surface area (Å²) in [6.45, 7) is 6.16. The third-order valence-electron chi connectivity index (χ3n) is 7.95. The van der Waals surface area contributed by atoms with Crippen molar-refractivity contribution in [1.82, 2.24) is 4.57 Å². The molecule has 1 N–H and O–H groups in total. The van der Waals surface area contributed by atoms with Crippen molar-refractivity contribution in [3.63, 3.8) is 0 Å². The van der Waals surface area contributed by atoms with Crippen molar-refractivity contribution in [1.29, 1.82) is 0 Å². The number of fused-ring (bicyclic) bond motifs is 2. The molecule has 1 saturated heterocycles. The summed E-state index contributed by atoms with van der Waals surface area (Å²) in [4.78, 5) is 56.2. The Morgan fingerprint density at radius 2 is 1.59 bits per heavy atom. The zero-order chi connectivity index (χ0) is 31.3. The number of nitrogens with zero attached hydrogens (tertiary/aromatic N) is 2. The number of anilines is 2. The molecule has 1 aromatic heterocycles. The van der Waals surface area contributed by atoms with Crippen LogP contribution in [0.3, 0.4) is 0 Å². The second-order valence-electron chi connectivity index (χ2n) is 11.8. The summed E-state index contributed by atoms with van der Waals surface area (Å²) in [6.07, 6.45) is 0. The van der Waals surface area contributed by atoms with Gasteiger partial charge in [0.15, 0.2) is 0 Å². The second-order valence-corrected chi connectivity index (χ2v) is 14.8. The molecule has 1 fully saturated rings. The van der Waals surface area contributed by atoms with Crippen LogP contribution in [0.25, 0.3) is 0 Å². The molecule has 44 heavy (non-hydrogen) atoms. The molecule has 0 spiro atoms. The van der Waals surface area contributed by atoms with Crippen LogP contribution < -0.4 is 19.8 Å². The van der Waals surface area contributed by atoms with Gasteiger partial charge >= 0.3 is 4.87 Å². The lowest BCUT2D eigenvalue weighted by molar-refractivity contribution is -0.122. The quantitative estimate of drug-likeness (QED) is 0.235. The first-order chi connectivity index (χ1) is 21.0. The standard InChI is InChI=1S/C33H30BrN3O5S2/c1-33(2,3)19-7-5-18(6-8-19)25-26-27(30(40)37(29(26)39)22-13-9-20(34)10-14-22)43-31-28(25)44-32(41)36(31)17-24(38)35-21-11-15-23(42-4)16-12-21/h5-16,25-27H,17H2,1-4H3,(H,35,38)/t25-,26-,27+/m0/s1. The number of rotatable bonds is 6. The van der Waals surface area contributed by atoms with E-state index in [0.717, 1.165) is 26.9 Å². The highest BCUT2D eigenvalue weighted by Gasteiger charge is 2.56. The number of nitrogens with one attached hydrogen (secondary N) is 1. The van der Waals surface area contributed by atoms with Crippen LogP contribution in [0.15, 0.2) is 87.1 Å². The van der Waals surface area contributed by atoms with Crippen LogP contribution in [0, 0.1) is 5.92 Å². The summed E-state index contributed by atoms with van der Waals surface area (Å²) in [7, 11) is 1.56. The minimum Gasteiger partial charge on any atom is -0.497 e. The monoisotopic (exact) mass is 691 g/mol. The van der Waals surface area contributed by atoms with E-state index in [1.165, 1.54) is 21.2 Å². The molecule has 3 aromatic carbocycles. The number of aromatic nitrogens is 1. The molecule has 0 aliphatic carbocycles. The number of amides is 3. The van der Waals surface area contributed by atoms with Gasteiger partial charge in [-0.05, 0) is 65.1 Å². The topological polar surface area (TPSA) is 97.7 Å². The zero-order valence-electron chi connectivity index (χ0n) is 24.5.